The Balaban J connectivity index is 1.59. The zero-order valence-electron chi connectivity index (χ0n) is 28.5. The summed E-state index contributed by atoms with van der Waals surface area (Å²) in [6.07, 6.45) is 7.82. The van der Waals surface area contributed by atoms with Crippen molar-refractivity contribution in [3.8, 4) is 11.1 Å². The number of aromatic nitrogens is 1. The molecule has 0 saturated carbocycles. The molecule has 0 radical (unpaired) electrons. The summed E-state index contributed by atoms with van der Waals surface area (Å²) < 4.78 is 0. The second-order valence-electron chi connectivity index (χ2n) is 13.0. The van der Waals surface area contributed by atoms with Gasteiger partial charge in [0.2, 0.25) is 11.8 Å². The third-order valence-corrected chi connectivity index (χ3v) is 8.49. The summed E-state index contributed by atoms with van der Waals surface area (Å²) in [6.45, 7) is 4.26. The lowest BCUT2D eigenvalue weighted by molar-refractivity contribution is -0.145. The smallest absolute Gasteiger partial charge is 0.243 e. The van der Waals surface area contributed by atoms with E-state index in [0.29, 0.717) is 32.2 Å². The molecule has 0 saturated heterocycles. The molecule has 0 bridgehead atoms. The molecular weight excluding hydrogens is 598 g/mol. The molecule has 4 N–H and O–H groups in total. The number of hydrogen-bond donors (Lipinski definition) is 3. The van der Waals surface area contributed by atoms with Gasteiger partial charge in [0.1, 0.15) is 12.3 Å². The van der Waals surface area contributed by atoms with E-state index in [1.165, 1.54) is 4.90 Å². The SMILES string of the molecule is CN(C(=O)[C@@H](Cc1ccc(-c2ccccc2)cc1)N(C)C(O)/C=C/CC(C)(C)N)[C@H](Cc1ccccc1)C(=O)NCCc1ccncc1. The van der Waals surface area contributed by atoms with Crippen molar-refractivity contribution in [2.45, 2.75) is 63.4 Å². The summed E-state index contributed by atoms with van der Waals surface area (Å²) in [7, 11) is 3.41. The highest BCUT2D eigenvalue weighted by molar-refractivity contribution is 5.90. The van der Waals surface area contributed by atoms with Crippen LogP contribution in [0.3, 0.4) is 0 Å². The molecule has 4 rings (SSSR count). The van der Waals surface area contributed by atoms with Gasteiger partial charge in [-0.2, -0.15) is 0 Å². The maximum absolute atomic E-state index is 14.5. The number of nitrogens with zero attached hydrogens (tertiary/aromatic N) is 3. The highest BCUT2D eigenvalue weighted by atomic mass is 16.3. The minimum Gasteiger partial charge on any atom is -0.375 e. The fraction of sp³-hybridized carbons (Fsp3) is 0.325. The second kappa shape index (κ2) is 17.5. The number of hydrogen-bond acceptors (Lipinski definition) is 6. The van der Waals surface area contributed by atoms with Crippen LogP contribution in [0.5, 0.6) is 0 Å². The lowest BCUT2D eigenvalue weighted by atomic mass is 9.98. The molecule has 0 aliphatic heterocycles. The van der Waals surface area contributed by atoms with Gasteiger partial charge in [-0.3, -0.25) is 19.5 Å². The first-order valence-corrected chi connectivity index (χ1v) is 16.5. The van der Waals surface area contributed by atoms with Crippen LogP contribution in [-0.2, 0) is 28.9 Å². The average Bonchev–Trinajstić information content (AvgIpc) is 3.09. The standard InChI is InChI=1S/C40H49N5O3/c1-40(2,41)24-11-16-37(46)44(3)36(29-32-17-19-34(20-18-32)33-14-9-6-10-15-33)39(48)45(4)35(28-31-12-7-5-8-13-31)38(47)43-27-23-30-21-25-42-26-22-30/h5-22,25-26,35-37,46H,23-24,27-29,41H2,1-4H3,(H,43,47)/b16-11+/t35-,36-,37?/m1/s1. The van der Waals surface area contributed by atoms with E-state index in [4.69, 9.17) is 5.73 Å². The molecule has 1 heterocycles. The van der Waals surface area contributed by atoms with Crippen molar-refractivity contribution in [1.29, 1.82) is 0 Å². The Hall–Kier alpha value is -4.63. The van der Waals surface area contributed by atoms with E-state index in [9.17, 15) is 14.7 Å². The molecule has 1 aromatic heterocycles. The van der Waals surface area contributed by atoms with E-state index in [-0.39, 0.29) is 11.8 Å². The quantitative estimate of drug-likeness (QED) is 0.116. The van der Waals surface area contributed by atoms with Gasteiger partial charge >= 0.3 is 0 Å². The molecule has 252 valence electrons. The number of amides is 2. The maximum atomic E-state index is 14.5. The molecule has 2 amide bonds. The van der Waals surface area contributed by atoms with E-state index in [1.54, 1.807) is 37.5 Å². The summed E-state index contributed by atoms with van der Waals surface area (Å²) in [5, 5.41) is 14.3. The largest absolute Gasteiger partial charge is 0.375 e. The third kappa shape index (κ3) is 11.0. The van der Waals surface area contributed by atoms with Gasteiger partial charge in [-0.1, -0.05) is 91.0 Å². The molecule has 0 aliphatic carbocycles. The van der Waals surface area contributed by atoms with Gasteiger partial charge in [0, 0.05) is 37.9 Å². The molecule has 0 fully saturated rings. The molecule has 48 heavy (non-hydrogen) atoms. The monoisotopic (exact) mass is 647 g/mol. The zero-order chi connectivity index (χ0) is 34.5. The van der Waals surface area contributed by atoms with Crippen molar-refractivity contribution in [3.05, 3.63) is 138 Å². The summed E-state index contributed by atoms with van der Waals surface area (Å²) in [4.78, 5) is 35.5. The van der Waals surface area contributed by atoms with Gasteiger partial charge < -0.3 is 21.1 Å². The maximum Gasteiger partial charge on any atom is 0.243 e. The Bertz CT molecular complexity index is 1590. The average molecular weight is 648 g/mol. The molecule has 0 aliphatic rings. The Labute approximate surface area is 285 Å². The fourth-order valence-corrected chi connectivity index (χ4v) is 5.54. The third-order valence-electron chi connectivity index (χ3n) is 8.49. The summed E-state index contributed by atoms with van der Waals surface area (Å²) in [5.41, 5.74) is 10.8. The van der Waals surface area contributed by atoms with Crippen LogP contribution in [-0.4, -0.2) is 76.2 Å². The first kappa shape index (κ1) is 36.2. The van der Waals surface area contributed by atoms with E-state index < -0.39 is 23.9 Å². The minimum atomic E-state index is -1.04. The highest BCUT2D eigenvalue weighted by Crippen LogP contribution is 2.22. The van der Waals surface area contributed by atoms with Gasteiger partial charge in [-0.25, -0.2) is 0 Å². The van der Waals surface area contributed by atoms with Crippen LogP contribution < -0.4 is 11.1 Å². The van der Waals surface area contributed by atoms with Gasteiger partial charge in [0.05, 0.1) is 6.04 Å². The number of likely N-dealkylation sites (N-methyl/N-ethyl adjacent to an activating group) is 2. The topological polar surface area (TPSA) is 112 Å². The molecule has 1 unspecified atom stereocenters. The van der Waals surface area contributed by atoms with Crippen molar-refractivity contribution < 1.29 is 14.7 Å². The fourth-order valence-electron chi connectivity index (χ4n) is 5.54. The first-order chi connectivity index (χ1) is 23.0. The number of carbonyl (C=O) groups is 2. The van der Waals surface area contributed by atoms with Gasteiger partial charge in [0.25, 0.3) is 0 Å². The molecule has 8 heteroatoms. The number of benzene rings is 3. The summed E-state index contributed by atoms with van der Waals surface area (Å²) >= 11 is 0. The number of rotatable bonds is 16. The predicted octanol–water partition coefficient (Wildman–Crippen LogP) is 5.02. The highest BCUT2D eigenvalue weighted by Gasteiger charge is 2.35. The lowest BCUT2D eigenvalue weighted by Crippen LogP contribution is -2.56. The van der Waals surface area contributed by atoms with Crippen LogP contribution in [0.15, 0.2) is 122 Å². The normalized spacial score (nSPS) is 13.6. The Morgan fingerprint density at radius 1 is 0.812 bits per heavy atom. The molecular formula is C40H49N5O3. The van der Waals surface area contributed by atoms with Crippen LogP contribution in [0.2, 0.25) is 0 Å². The van der Waals surface area contributed by atoms with Crippen LogP contribution in [0, 0.1) is 0 Å². The number of aliphatic hydroxyl groups excluding tert-OH is 1. The number of nitrogens with one attached hydrogen (secondary N) is 1. The molecule has 8 nitrogen and oxygen atoms in total. The molecule has 3 atom stereocenters. The number of carbonyl (C=O) groups excluding carboxylic acids is 2. The summed E-state index contributed by atoms with van der Waals surface area (Å²) in [5.74, 6) is -0.496. The van der Waals surface area contributed by atoms with Crippen molar-refractivity contribution in [2.24, 2.45) is 5.73 Å². The van der Waals surface area contributed by atoms with Crippen LogP contribution in [0.25, 0.3) is 11.1 Å². The number of pyridine rings is 1. The predicted molar refractivity (Wildman–Crippen MR) is 193 cm³/mol. The minimum absolute atomic E-state index is 0.233. The van der Waals surface area contributed by atoms with Gasteiger partial charge in [0.15, 0.2) is 0 Å². The molecule has 3 aromatic carbocycles. The van der Waals surface area contributed by atoms with Crippen LogP contribution in [0.4, 0.5) is 0 Å². The number of aliphatic hydroxyl groups is 1. The Morgan fingerprint density at radius 2 is 1.38 bits per heavy atom. The van der Waals surface area contributed by atoms with Gasteiger partial charge in [-0.15, -0.1) is 0 Å². The van der Waals surface area contributed by atoms with Crippen molar-refractivity contribution >= 4 is 11.8 Å². The van der Waals surface area contributed by atoms with Crippen LogP contribution >= 0.6 is 0 Å². The van der Waals surface area contributed by atoms with E-state index >= 15 is 0 Å². The van der Waals surface area contributed by atoms with E-state index in [0.717, 1.165) is 27.8 Å². The van der Waals surface area contributed by atoms with Crippen molar-refractivity contribution in [1.82, 2.24) is 20.1 Å². The second-order valence-corrected chi connectivity index (χ2v) is 13.0. The van der Waals surface area contributed by atoms with Crippen molar-refractivity contribution in [2.75, 3.05) is 20.6 Å². The van der Waals surface area contributed by atoms with Crippen LogP contribution in [0.1, 0.15) is 37.0 Å². The van der Waals surface area contributed by atoms with Crippen molar-refractivity contribution in [3.63, 3.8) is 0 Å². The molecule has 0 spiro atoms. The Morgan fingerprint density at radius 3 is 2.00 bits per heavy atom. The lowest BCUT2D eigenvalue weighted by Gasteiger charge is -2.36. The van der Waals surface area contributed by atoms with E-state index in [1.807, 2.05) is 105 Å². The zero-order valence-corrected chi connectivity index (χ0v) is 28.5. The van der Waals surface area contributed by atoms with Gasteiger partial charge in [-0.05, 0) is 86.2 Å². The molecule has 4 aromatic rings. The van der Waals surface area contributed by atoms with E-state index in [2.05, 4.69) is 22.4 Å². The first-order valence-electron chi connectivity index (χ1n) is 16.5. The summed E-state index contributed by atoms with van der Waals surface area (Å²) in [6, 6.07) is 30.3. The Kier molecular flexibility index (Phi) is 13.2. The number of nitrogens with two attached hydrogens (primary N) is 1.